The molecule has 30 heavy (non-hydrogen) atoms. The molecule has 0 saturated heterocycles. The van der Waals surface area contributed by atoms with E-state index in [9.17, 15) is 24.8 Å². The molecule has 0 aliphatic rings. The van der Waals surface area contributed by atoms with Crippen molar-refractivity contribution in [3.8, 4) is 17.0 Å². The number of carbonyl (C=O) groups excluding carboxylic acids is 2. The quantitative estimate of drug-likeness (QED) is 0.346. The molecule has 3 aromatic rings. The third-order valence-corrected chi connectivity index (χ3v) is 4.87. The number of carbonyl (C=O) groups is 2. The van der Waals surface area contributed by atoms with Gasteiger partial charge in [0.25, 0.3) is 11.6 Å². The number of thiazole rings is 1. The van der Waals surface area contributed by atoms with Crippen LogP contribution in [0, 0.1) is 17.0 Å². The highest BCUT2D eigenvalue weighted by molar-refractivity contribution is 7.14. The van der Waals surface area contributed by atoms with Crippen molar-refractivity contribution in [1.29, 1.82) is 0 Å². The number of aromatic hydroxyl groups is 1. The number of phenols is 1. The molecule has 2 aromatic carbocycles. The van der Waals surface area contributed by atoms with Crippen molar-refractivity contribution >= 4 is 34.0 Å². The largest absolute Gasteiger partial charge is 0.507 e. The summed E-state index contributed by atoms with van der Waals surface area (Å²) >= 11 is 1.13. The number of phenolic OH excluding ortho intramolecular Hbond substituents is 1. The van der Waals surface area contributed by atoms with Gasteiger partial charge in [-0.05, 0) is 26.0 Å². The minimum absolute atomic E-state index is 0.0307. The first-order valence-electron chi connectivity index (χ1n) is 8.76. The highest BCUT2D eigenvalue weighted by Gasteiger charge is 2.22. The number of non-ortho nitro benzene ring substituents is 1. The van der Waals surface area contributed by atoms with Crippen molar-refractivity contribution in [2.75, 3.05) is 5.32 Å². The van der Waals surface area contributed by atoms with Crippen molar-refractivity contribution < 1.29 is 24.4 Å². The van der Waals surface area contributed by atoms with Gasteiger partial charge in [-0.2, -0.15) is 0 Å². The topological polar surface area (TPSA) is 132 Å². The summed E-state index contributed by atoms with van der Waals surface area (Å²) in [6.45, 7) is 3.16. The number of hydrogen-bond acceptors (Lipinski definition) is 8. The van der Waals surface area contributed by atoms with E-state index in [2.05, 4.69) is 10.3 Å². The first-order chi connectivity index (χ1) is 14.2. The summed E-state index contributed by atoms with van der Waals surface area (Å²) in [5.74, 6) is -1.66. The van der Waals surface area contributed by atoms with Gasteiger partial charge >= 0.3 is 5.97 Å². The number of rotatable bonds is 6. The van der Waals surface area contributed by atoms with E-state index < -0.39 is 22.9 Å². The Morgan fingerprint density at radius 3 is 2.77 bits per heavy atom. The highest BCUT2D eigenvalue weighted by atomic mass is 32.1. The number of anilines is 1. The molecule has 1 unspecified atom stereocenters. The lowest BCUT2D eigenvalue weighted by Gasteiger charge is -2.13. The van der Waals surface area contributed by atoms with Crippen molar-refractivity contribution in [1.82, 2.24) is 4.98 Å². The van der Waals surface area contributed by atoms with Crippen LogP contribution in [-0.2, 0) is 9.53 Å². The standard InChI is InChI=1S/C20H17N3O6S/c1-11-6-7-17(24)15(8-11)19(26)29-12(2)18(25)22-20-21-16(10-30-20)13-4-3-5-14(9-13)23(27)28/h3-10,12,24H,1-2H3,(H,21,22,25). The summed E-state index contributed by atoms with van der Waals surface area (Å²) in [6.07, 6.45) is -1.14. The minimum atomic E-state index is -1.14. The van der Waals surface area contributed by atoms with Crippen LogP contribution in [0.5, 0.6) is 5.75 Å². The highest BCUT2D eigenvalue weighted by Crippen LogP contribution is 2.27. The molecule has 1 aromatic heterocycles. The second kappa shape index (κ2) is 8.70. The van der Waals surface area contributed by atoms with E-state index in [1.807, 2.05) is 0 Å². The first-order valence-corrected chi connectivity index (χ1v) is 9.64. The number of aryl methyl sites for hydroxylation is 1. The van der Waals surface area contributed by atoms with Crippen LogP contribution in [0.2, 0.25) is 0 Å². The number of aromatic nitrogens is 1. The van der Waals surface area contributed by atoms with Crippen LogP contribution in [0.15, 0.2) is 47.8 Å². The van der Waals surface area contributed by atoms with Gasteiger partial charge in [-0.25, -0.2) is 9.78 Å². The minimum Gasteiger partial charge on any atom is -0.507 e. The van der Waals surface area contributed by atoms with Crippen molar-refractivity contribution in [2.24, 2.45) is 0 Å². The van der Waals surface area contributed by atoms with Gasteiger partial charge < -0.3 is 9.84 Å². The van der Waals surface area contributed by atoms with E-state index in [-0.39, 0.29) is 22.1 Å². The second-order valence-corrected chi connectivity index (χ2v) is 7.26. The fourth-order valence-electron chi connectivity index (χ4n) is 2.54. The first kappa shape index (κ1) is 20.9. The zero-order valence-corrected chi connectivity index (χ0v) is 16.8. The SMILES string of the molecule is Cc1ccc(O)c(C(=O)OC(C)C(=O)Nc2nc(-c3cccc([N+](=O)[O-])c3)cs2)c1. The predicted octanol–water partition coefficient (Wildman–Crippen LogP) is 3.92. The summed E-state index contributed by atoms with van der Waals surface area (Å²) in [5.41, 5.74) is 1.67. The number of nitro groups is 1. The molecule has 0 saturated carbocycles. The van der Waals surface area contributed by atoms with Gasteiger partial charge in [0.15, 0.2) is 11.2 Å². The van der Waals surface area contributed by atoms with Crippen LogP contribution >= 0.6 is 11.3 Å². The van der Waals surface area contributed by atoms with E-state index in [0.29, 0.717) is 11.3 Å². The fourth-order valence-corrected chi connectivity index (χ4v) is 3.26. The molecule has 154 valence electrons. The maximum absolute atomic E-state index is 12.3. The molecule has 0 radical (unpaired) electrons. The van der Waals surface area contributed by atoms with Crippen molar-refractivity contribution in [3.05, 3.63) is 69.1 Å². The Labute approximate surface area is 175 Å². The summed E-state index contributed by atoms with van der Waals surface area (Å²) in [4.78, 5) is 39.2. The normalized spacial score (nSPS) is 11.5. The Balaban J connectivity index is 1.66. The Hall–Kier alpha value is -3.79. The molecule has 3 rings (SSSR count). The van der Waals surface area contributed by atoms with Crippen LogP contribution in [-0.4, -0.2) is 33.0 Å². The predicted molar refractivity (Wildman–Crippen MR) is 111 cm³/mol. The van der Waals surface area contributed by atoms with Gasteiger partial charge in [0, 0.05) is 23.1 Å². The molecule has 0 bridgehead atoms. The summed E-state index contributed by atoms with van der Waals surface area (Å²) in [5, 5.41) is 25.2. The number of benzene rings is 2. The van der Waals surface area contributed by atoms with Gasteiger partial charge in [0.1, 0.15) is 11.3 Å². The van der Waals surface area contributed by atoms with Gasteiger partial charge in [-0.3, -0.25) is 20.2 Å². The van der Waals surface area contributed by atoms with Gasteiger partial charge in [0.05, 0.1) is 10.6 Å². The molecular weight excluding hydrogens is 410 g/mol. The molecule has 1 heterocycles. The number of amides is 1. The lowest BCUT2D eigenvalue weighted by Crippen LogP contribution is -2.30. The Morgan fingerprint density at radius 2 is 2.03 bits per heavy atom. The summed E-state index contributed by atoms with van der Waals surface area (Å²) in [6, 6.07) is 10.5. The maximum Gasteiger partial charge on any atom is 0.342 e. The molecule has 0 spiro atoms. The second-order valence-electron chi connectivity index (χ2n) is 6.40. The lowest BCUT2D eigenvalue weighted by atomic mass is 10.1. The molecule has 2 N–H and O–H groups in total. The third-order valence-electron chi connectivity index (χ3n) is 4.11. The summed E-state index contributed by atoms with van der Waals surface area (Å²) in [7, 11) is 0. The fraction of sp³-hybridized carbons (Fsp3) is 0.150. The average molecular weight is 427 g/mol. The molecule has 1 amide bonds. The molecule has 1 atom stereocenters. The number of nitrogens with one attached hydrogen (secondary N) is 1. The van der Waals surface area contributed by atoms with E-state index in [1.54, 1.807) is 30.5 Å². The Kier molecular flexibility index (Phi) is 6.07. The number of hydrogen-bond donors (Lipinski definition) is 2. The third kappa shape index (κ3) is 4.78. The lowest BCUT2D eigenvalue weighted by molar-refractivity contribution is -0.384. The Morgan fingerprint density at radius 1 is 1.27 bits per heavy atom. The molecule has 10 heteroatoms. The number of ether oxygens (including phenoxy) is 1. The number of esters is 1. The molecule has 0 aliphatic carbocycles. The van der Waals surface area contributed by atoms with Gasteiger partial charge in [-0.15, -0.1) is 11.3 Å². The van der Waals surface area contributed by atoms with Crippen LogP contribution in [0.4, 0.5) is 10.8 Å². The monoisotopic (exact) mass is 427 g/mol. The van der Waals surface area contributed by atoms with Crippen LogP contribution < -0.4 is 5.32 Å². The zero-order chi connectivity index (χ0) is 21.8. The van der Waals surface area contributed by atoms with E-state index in [0.717, 1.165) is 16.9 Å². The molecule has 0 aliphatic heterocycles. The van der Waals surface area contributed by atoms with Crippen molar-refractivity contribution in [2.45, 2.75) is 20.0 Å². The Bertz CT molecular complexity index is 1130. The van der Waals surface area contributed by atoms with Gasteiger partial charge in [-0.1, -0.05) is 23.8 Å². The van der Waals surface area contributed by atoms with E-state index in [4.69, 9.17) is 4.74 Å². The van der Waals surface area contributed by atoms with Crippen LogP contribution in [0.3, 0.4) is 0 Å². The summed E-state index contributed by atoms with van der Waals surface area (Å²) < 4.78 is 5.13. The molecule has 0 fully saturated rings. The van der Waals surface area contributed by atoms with Crippen molar-refractivity contribution in [3.63, 3.8) is 0 Å². The maximum atomic E-state index is 12.3. The zero-order valence-electron chi connectivity index (χ0n) is 16.0. The van der Waals surface area contributed by atoms with Gasteiger partial charge in [0.2, 0.25) is 0 Å². The van der Waals surface area contributed by atoms with E-state index in [1.165, 1.54) is 31.2 Å². The molecule has 9 nitrogen and oxygen atoms in total. The van der Waals surface area contributed by atoms with Crippen LogP contribution in [0.1, 0.15) is 22.8 Å². The smallest absolute Gasteiger partial charge is 0.342 e. The van der Waals surface area contributed by atoms with Crippen LogP contribution in [0.25, 0.3) is 11.3 Å². The van der Waals surface area contributed by atoms with E-state index >= 15 is 0 Å². The number of nitro benzene ring substituents is 1. The number of nitrogens with zero attached hydrogens (tertiary/aromatic N) is 2. The molecular formula is C20H17N3O6S. The average Bonchev–Trinajstić information content (AvgIpc) is 3.18.